The van der Waals surface area contributed by atoms with E-state index in [1.165, 1.54) is 6.26 Å². The maximum Gasteiger partial charge on any atom is 0.277 e. The second-order valence-corrected chi connectivity index (χ2v) is 5.60. The molecule has 2 aromatic rings. The molecule has 1 unspecified atom stereocenters. The summed E-state index contributed by atoms with van der Waals surface area (Å²) in [6.45, 7) is 0. The van der Waals surface area contributed by atoms with Crippen LogP contribution in [0.3, 0.4) is 0 Å². The third-order valence-corrected chi connectivity index (χ3v) is 3.70. The van der Waals surface area contributed by atoms with Crippen molar-refractivity contribution in [2.75, 3.05) is 24.4 Å². The van der Waals surface area contributed by atoms with E-state index in [1.807, 2.05) is 18.4 Å². The van der Waals surface area contributed by atoms with E-state index in [0.29, 0.717) is 17.3 Å². The van der Waals surface area contributed by atoms with Crippen molar-refractivity contribution in [2.45, 2.75) is 12.5 Å². The topological polar surface area (TPSA) is 90.4 Å². The van der Waals surface area contributed by atoms with Gasteiger partial charge in [-0.2, -0.15) is 11.8 Å². The molecule has 1 atom stereocenters. The van der Waals surface area contributed by atoms with Gasteiger partial charge in [0.2, 0.25) is 5.89 Å². The molecule has 0 bridgehead atoms. The highest BCUT2D eigenvalue weighted by atomic mass is 32.2. The number of rotatable bonds is 7. The second-order valence-electron chi connectivity index (χ2n) is 4.61. The molecule has 0 aliphatic heterocycles. The van der Waals surface area contributed by atoms with Gasteiger partial charge in [-0.3, -0.25) is 4.79 Å². The van der Waals surface area contributed by atoms with Crippen molar-refractivity contribution >= 4 is 23.4 Å². The van der Waals surface area contributed by atoms with Crippen LogP contribution in [0.2, 0.25) is 0 Å². The van der Waals surface area contributed by atoms with Gasteiger partial charge in [-0.25, -0.2) is 4.98 Å². The Labute approximate surface area is 133 Å². The molecule has 1 heterocycles. The molecule has 118 valence electrons. The Morgan fingerprint density at radius 2 is 2.27 bits per heavy atom. The minimum atomic E-state index is -0.364. The monoisotopic (exact) mass is 321 g/mol. The minimum absolute atomic E-state index is 0.195. The van der Waals surface area contributed by atoms with Crippen LogP contribution < -0.4 is 15.8 Å². The Bertz CT molecular complexity index is 630. The lowest BCUT2D eigenvalue weighted by atomic mass is 10.2. The number of benzene rings is 1. The quantitative estimate of drug-likeness (QED) is 0.815. The summed E-state index contributed by atoms with van der Waals surface area (Å²) >= 11 is 1.70. The minimum Gasteiger partial charge on any atom is -0.495 e. The smallest absolute Gasteiger partial charge is 0.277 e. The van der Waals surface area contributed by atoms with Crippen molar-refractivity contribution in [1.82, 2.24) is 4.98 Å². The number of methoxy groups -OCH3 is 1. The first kappa shape index (κ1) is 16.4. The number of thioether (sulfide) groups is 1. The van der Waals surface area contributed by atoms with Crippen LogP contribution in [-0.2, 0) is 0 Å². The van der Waals surface area contributed by atoms with Gasteiger partial charge in [-0.05, 0) is 30.6 Å². The van der Waals surface area contributed by atoms with Gasteiger partial charge in [0.15, 0.2) is 5.69 Å². The highest BCUT2D eigenvalue weighted by molar-refractivity contribution is 7.98. The average molecular weight is 321 g/mol. The molecule has 0 fully saturated rings. The molecule has 3 N–H and O–H groups in total. The molecule has 1 aromatic heterocycles. The van der Waals surface area contributed by atoms with Crippen LogP contribution in [0.5, 0.6) is 5.75 Å². The molecule has 22 heavy (non-hydrogen) atoms. The Morgan fingerprint density at radius 1 is 1.50 bits per heavy atom. The zero-order valence-electron chi connectivity index (χ0n) is 12.5. The first-order valence-electron chi connectivity index (χ1n) is 6.80. The fraction of sp³-hybridized carbons (Fsp3) is 0.333. The summed E-state index contributed by atoms with van der Waals surface area (Å²) in [7, 11) is 1.55. The molecule has 0 saturated heterocycles. The predicted octanol–water partition coefficient (Wildman–Crippen LogP) is 2.69. The van der Waals surface area contributed by atoms with Crippen LogP contribution in [-0.4, -0.2) is 30.0 Å². The lowest BCUT2D eigenvalue weighted by Gasteiger charge is -2.08. The number of carbonyl (C=O) groups is 1. The van der Waals surface area contributed by atoms with Gasteiger partial charge in [0.05, 0.1) is 18.8 Å². The third kappa shape index (κ3) is 4.02. The summed E-state index contributed by atoms with van der Waals surface area (Å²) in [6, 6.07) is 6.85. The van der Waals surface area contributed by atoms with Gasteiger partial charge < -0.3 is 20.2 Å². The van der Waals surface area contributed by atoms with Crippen molar-refractivity contribution in [1.29, 1.82) is 0 Å². The Balaban J connectivity index is 2.06. The summed E-state index contributed by atoms with van der Waals surface area (Å²) in [4.78, 5) is 16.4. The number of carbonyl (C=O) groups excluding carboxylic acids is 1. The summed E-state index contributed by atoms with van der Waals surface area (Å²) < 4.78 is 10.5. The molecule has 0 spiro atoms. The number of nitrogens with one attached hydrogen (secondary N) is 1. The number of amides is 1. The van der Waals surface area contributed by atoms with Crippen LogP contribution in [0, 0.1) is 0 Å². The van der Waals surface area contributed by atoms with Crippen LogP contribution in [0.15, 0.2) is 34.9 Å². The maximum absolute atomic E-state index is 12.2. The standard InChI is InChI=1S/C15H19N3O3S/c1-20-13-6-4-3-5-11(13)17-14(19)12-9-21-15(18-12)10(16)7-8-22-2/h3-6,9-10H,7-8,16H2,1-2H3,(H,17,19). The fourth-order valence-electron chi connectivity index (χ4n) is 1.86. The van der Waals surface area contributed by atoms with E-state index >= 15 is 0 Å². The number of para-hydroxylation sites is 2. The molecule has 1 aromatic carbocycles. The van der Waals surface area contributed by atoms with Crippen LogP contribution in [0.4, 0.5) is 5.69 Å². The molecule has 0 radical (unpaired) electrons. The van der Waals surface area contributed by atoms with Gasteiger partial charge in [0, 0.05) is 0 Å². The van der Waals surface area contributed by atoms with Gasteiger partial charge in [0.25, 0.3) is 5.91 Å². The summed E-state index contributed by atoms with van der Waals surface area (Å²) in [6.07, 6.45) is 4.07. The molecule has 0 saturated carbocycles. The number of nitrogens with zero attached hydrogens (tertiary/aromatic N) is 1. The van der Waals surface area contributed by atoms with Crippen molar-refractivity contribution in [3.8, 4) is 5.75 Å². The van der Waals surface area contributed by atoms with Crippen LogP contribution in [0.25, 0.3) is 0 Å². The lowest BCUT2D eigenvalue weighted by molar-refractivity contribution is 0.102. The summed E-state index contributed by atoms with van der Waals surface area (Å²) in [5.41, 5.74) is 6.74. The molecule has 0 aliphatic carbocycles. The number of hydrogen-bond acceptors (Lipinski definition) is 6. The highest BCUT2D eigenvalue weighted by Crippen LogP contribution is 2.24. The van der Waals surface area contributed by atoms with Crippen molar-refractivity contribution in [2.24, 2.45) is 5.73 Å². The molecular formula is C15H19N3O3S. The summed E-state index contributed by atoms with van der Waals surface area (Å²) in [5, 5.41) is 2.74. The largest absolute Gasteiger partial charge is 0.495 e. The first-order chi connectivity index (χ1) is 10.7. The maximum atomic E-state index is 12.2. The number of aromatic nitrogens is 1. The predicted molar refractivity (Wildman–Crippen MR) is 87.4 cm³/mol. The molecule has 6 nitrogen and oxygen atoms in total. The zero-order valence-corrected chi connectivity index (χ0v) is 13.4. The van der Waals surface area contributed by atoms with Crippen molar-refractivity contribution in [3.63, 3.8) is 0 Å². The van der Waals surface area contributed by atoms with Crippen molar-refractivity contribution in [3.05, 3.63) is 42.1 Å². The second kappa shape index (κ2) is 7.86. The van der Waals surface area contributed by atoms with Crippen LogP contribution >= 0.6 is 11.8 Å². The van der Waals surface area contributed by atoms with E-state index in [9.17, 15) is 4.79 Å². The van der Waals surface area contributed by atoms with E-state index in [-0.39, 0.29) is 17.6 Å². The first-order valence-corrected chi connectivity index (χ1v) is 8.19. The van der Waals surface area contributed by atoms with Gasteiger partial charge >= 0.3 is 0 Å². The van der Waals surface area contributed by atoms with Crippen molar-refractivity contribution < 1.29 is 13.9 Å². The highest BCUT2D eigenvalue weighted by Gasteiger charge is 2.17. The Kier molecular flexibility index (Phi) is 5.85. The van der Waals surface area contributed by atoms with Gasteiger partial charge in [-0.15, -0.1) is 0 Å². The molecule has 0 aliphatic rings. The average Bonchev–Trinajstić information content (AvgIpc) is 3.03. The number of hydrogen-bond donors (Lipinski definition) is 2. The Hall–Kier alpha value is -1.99. The van der Waals surface area contributed by atoms with E-state index in [0.717, 1.165) is 12.2 Å². The zero-order chi connectivity index (χ0) is 15.9. The molecule has 2 rings (SSSR count). The Morgan fingerprint density at radius 3 is 3.00 bits per heavy atom. The van der Waals surface area contributed by atoms with Gasteiger partial charge in [-0.1, -0.05) is 12.1 Å². The van der Waals surface area contributed by atoms with E-state index in [1.54, 1.807) is 31.0 Å². The number of anilines is 1. The normalized spacial score (nSPS) is 12.0. The van der Waals surface area contributed by atoms with E-state index < -0.39 is 0 Å². The summed E-state index contributed by atoms with van der Waals surface area (Å²) in [5.74, 6) is 1.50. The SMILES string of the molecule is COc1ccccc1NC(=O)c1coc(C(N)CCSC)n1. The van der Waals surface area contributed by atoms with Crippen LogP contribution in [0.1, 0.15) is 28.8 Å². The number of ether oxygens (including phenoxy) is 1. The van der Waals surface area contributed by atoms with Gasteiger partial charge in [0.1, 0.15) is 12.0 Å². The molecule has 1 amide bonds. The lowest BCUT2D eigenvalue weighted by Crippen LogP contribution is -2.15. The fourth-order valence-corrected chi connectivity index (χ4v) is 2.35. The molecule has 7 heteroatoms. The van der Waals surface area contributed by atoms with E-state index in [2.05, 4.69) is 10.3 Å². The number of oxazole rings is 1. The molecular weight excluding hydrogens is 302 g/mol. The van der Waals surface area contributed by atoms with E-state index in [4.69, 9.17) is 14.9 Å². The number of nitrogens with two attached hydrogens (primary N) is 1. The third-order valence-electron chi connectivity index (χ3n) is 3.06.